The molecule has 3 heterocycles. The van der Waals surface area contributed by atoms with Crippen LogP contribution in [0.15, 0.2) is 59.8 Å². The van der Waals surface area contributed by atoms with Gasteiger partial charge in [-0.3, -0.25) is 0 Å². The Morgan fingerprint density at radius 2 is 1.92 bits per heavy atom. The van der Waals surface area contributed by atoms with Crippen LogP contribution in [0.25, 0.3) is 33.3 Å². The standard InChI is InChI=1S/C24H23F3N6O2S/c25-24(26,27)20-13-31-23(32-16-4-2-8-29-11-16)33-22(20)19-12-30-21-10-15(6-7-18(19)21)14-3-1-5-17(9-14)36(28,34)35/h1,3,5-7,9-10,12-13,16,29-30H,2,4,8,11H2,(H2,28,34,35)(H,31,32,33)/t16-/m0/s1. The third kappa shape index (κ3) is 4.92. The molecule has 5 rings (SSSR count). The lowest BCUT2D eigenvalue weighted by Crippen LogP contribution is -2.38. The van der Waals surface area contributed by atoms with Gasteiger partial charge in [-0.2, -0.15) is 13.2 Å². The van der Waals surface area contributed by atoms with Crippen molar-refractivity contribution >= 4 is 26.9 Å². The quantitative estimate of drug-likeness (QED) is 0.316. The zero-order valence-corrected chi connectivity index (χ0v) is 19.7. The van der Waals surface area contributed by atoms with Crippen molar-refractivity contribution in [3.05, 3.63) is 60.4 Å². The Balaban J connectivity index is 1.56. The second-order valence-electron chi connectivity index (χ2n) is 8.68. The maximum Gasteiger partial charge on any atom is 0.419 e. The lowest BCUT2D eigenvalue weighted by atomic mass is 10.0. The molecule has 12 heteroatoms. The molecule has 1 fully saturated rings. The number of nitrogens with zero attached hydrogens (tertiary/aromatic N) is 2. The van der Waals surface area contributed by atoms with Crippen molar-refractivity contribution in [3.63, 3.8) is 0 Å². The Morgan fingerprint density at radius 1 is 1.11 bits per heavy atom. The highest BCUT2D eigenvalue weighted by Gasteiger charge is 2.36. The lowest BCUT2D eigenvalue weighted by molar-refractivity contribution is -0.137. The van der Waals surface area contributed by atoms with Gasteiger partial charge in [0, 0.05) is 41.4 Å². The van der Waals surface area contributed by atoms with Gasteiger partial charge in [0.2, 0.25) is 16.0 Å². The van der Waals surface area contributed by atoms with Crippen molar-refractivity contribution in [2.45, 2.75) is 30.0 Å². The Morgan fingerprint density at radius 3 is 2.64 bits per heavy atom. The number of alkyl halides is 3. The van der Waals surface area contributed by atoms with Crippen LogP contribution in [-0.4, -0.2) is 42.5 Å². The minimum atomic E-state index is -4.64. The van der Waals surface area contributed by atoms with Gasteiger partial charge < -0.3 is 15.6 Å². The smallest absolute Gasteiger partial charge is 0.360 e. The van der Waals surface area contributed by atoms with E-state index in [9.17, 15) is 21.6 Å². The normalized spacial score (nSPS) is 16.8. The average molecular weight is 517 g/mol. The first kappa shape index (κ1) is 24.2. The SMILES string of the molecule is NS(=O)(=O)c1cccc(-c2ccc3c(-c4nc(N[C@H]5CCCNC5)ncc4C(F)(F)F)c[nH]c3c2)c1. The molecular weight excluding hydrogens is 493 g/mol. The number of rotatable bonds is 5. The third-order valence-electron chi connectivity index (χ3n) is 6.16. The number of hydrogen-bond acceptors (Lipinski definition) is 6. The molecule has 1 aliphatic rings. The van der Waals surface area contributed by atoms with E-state index < -0.39 is 21.8 Å². The molecule has 1 saturated heterocycles. The van der Waals surface area contributed by atoms with Crippen LogP contribution >= 0.6 is 0 Å². The Labute approximate surface area is 205 Å². The molecule has 0 aliphatic carbocycles. The summed E-state index contributed by atoms with van der Waals surface area (Å²) in [6.07, 6.45) is -0.519. The average Bonchev–Trinajstić information content (AvgIpc) is 3.27. The van der Waals surface area contributed by atoms with Crippen LogP contribution in [0, 0.1) is 0 Å². The molecule has 36 heavy (non-hydrogen) atoms. The number of anilines is 1. The number of aromatic amines is 1. The van der Waals surface area contributed by atoms with Crippen LogP contribution in [0.1, 0.15) is 18.4 Å². The molecule has 188 valence electrons. The number of piperidine rings is 1. The molecule has 8 nitrogen and oxygen atoms in total. The van der Waals surface area contributed by atoms with Crippen LogP contribution in [0.2, 0.25) is 0 Å². The predicted molar refractivity (Wildman–Crippen MR) is 131 cm³/mol. The summed E-state index contributed by atoms with van der Waals surface area (Å²) in [4.78, 5) is 11.2. The van der Waals surface area contributed by atoms with Gasteiger partial charge >= 0.3 is 6.18 Å². The van der Waals surface area contributed by atoms with E-state index >= 15 is 0 Å². The monoisotopic (exact) mass is 516 g/mol. The molecular formula is C24H23F3N6O2S. The fraction of sp³-hybridized carbons (Fsp3) is 0.250. The highest BCUT2D eigenvalue weighted by atomic mass is 32.2. The van der Waals surface area contributed by atoms with Gasteiger partial charge in [-0.05, 0) is 48.7 Å². The largest absolute Gasteiger partial charge is 0.419 e. The number of nitrogens with one attached hydrogen (secondary N) is 3. The number of H-pyrrole nitrogens is 1. The number of sulfonamides is 1. The van der Waals surface area contributed by atoms with E-state index in [-0.39, 0.29) is 28.1 Å². The molecule has 0 amide bonds. The fourth-order valence-corrected chi connectivity index (χ4v) is 4.94. The van der Waals surface area contributed by atoms with Crippen LogP contribution < -0.4 is 15.8 Å². The van der Waals surface area contributed by atoms with Gasteiger partial charge in [-0.25, -0.2) is 23.5 Å². The van der Waals surface area contributed by atoms with Crippen molar-refractivity contribution < 1.29 is 21.6 Å². The number of hydrogen-bond donors (Lipinski definition) is 4. The van der Waals surface area contributed by atoms with E-state index in [2.05, 4.69) is 25.6 Å². The predicted octanol–water partition coefficient (Wildman–Crippen LogP) is 4.12. The Kier molecular flexibility index (Phi) is 6.18. The van der Waals surface area contributed by atoms with Gasteiger partial charge in [0.15, 0.2) is 0 Å². The molecule has 5 N–H and O–H groups in total. The number of primary sulfonamides is 1. The molecule has 0 bridgehead atoms. The van der Waals surface area contributed by atoms with Crippen molar-refractivity contribution in [2.24, 2.45) is 5.14 Å². The summed E-state index contributed by atoms with van der Waals surface area (Å²) in [5.74, 6) is 0.137. The van der Waals surface area contributed by atoms with Gasteiger partial charge in [0.25, 0.3) is 0 Å². The minimum absolute atomic E-state index is 0.0296. The summed E-state index contributed by atoms with van der Waals surface area (Å²) >= 11 is 0. The van der Waals surface area contributed by atoms with E-state index in [1.165, 1.54) is 18.3 Å². The van der Waals surface area contributed by atoms with Crippen molar-refractivity contribution in [1.82, 2.24) is 20.3 Å². The van der Waals surface area contributed by atoms with Gasteiger partial charge in [0.05, 0.1) is 10.6 Å². The topological polar surface area (TPSA) is 126 Å². The molecule has 1 atom stereocenters. The minimum Gasteiger partial charge on any atom is -0.360 e. The number of nitrogens with two attached hydrogens (primary N) is 1. The summed E-state index contributed by atoms with van der Waals surface area (Å²) in [5.41, 5.74) is 0.979. The Bertz CT molecular complexity index is 1530. The molecule has 4 aromatic rings. The van der Waals surface area contributed by atoms with Crippen molar-refractivity contribution in [1.29, 1.82) is 0 Å². The summed E-state index contributed by atoms with van der Waals surface area (Å²) in [7, 11) is -3.88. The van der Waals surface area contributed by atoms with E-state index in [1.807, 2.05) is 0 Å². The van der Waals surface area contributed by atoms with Gasteiger partial charge in [-0.15, -0.1) is 0 Å². The second kappa shape index (κ2) is 9.19. The van der Waals surface area contributed by atoms with Crippen LogP contribution in [0.5, 0.6) is 0 Å². The third-order valence-corrected chi connectivity index (χ3v) is 7.07. The number of aromatic nitrogens is 3. The first-order valence-electron chi connectivity index (χ1n) is 11.3. The second-order valence-corrected chi connectivity index (χ2v) is 10.2. The molecule has 0 unspecified atom stereocenters. The van der Waals surface area contributed by atoms with Crippen LogP contribution in [0.3, 0.4) is 0 Å². The number of benzene rings is 2. The van der Waals surface area contributed by atoms with Crippen molar-refractivity contribution in [3.8, 4) is 22.4 Å². The fourth-order valence-electron chi connectivity index (χ4n) is 4.38. The van der Waals surface area contributed by atoms with E-state index in [0.717, 1.165) is 25.6 Å². The molecule has 0 radical (unpaired) electrons. The lowest BCUT2D eigenvalue weighted by Gasteiger charge is -2.24. The molecule has 2 aromatic carbocycles. The maximum atomic E-state index is 13.9. The molecule has 2 aromatic heterocycles. The van der Waals surface area contributed by atoms with Gasteiger partial charge in [0.1, 0.15) is 5.56 Å². The van der Waals surface area contributed by atoms with E-state index in [4.69, 9.17) is 5.14 Å². The molecule has 1 aliphatic heterocycles. The molecule has 0 spiro atoms. The van der Waals surface area contributed by atoms with Gasteiger partial charge in [-0.1, -0.05) is 24.3 Å². The zero-order chi connectivity index (χ0) is 25.5. The first-order chi connectivity index (χ1) is 17.1. The van der Waals surface area contributed by atoms with Crippen LogP contribution in [-0.2, 0) is 16.2 Å². The molecule has 0 saturated carbocycles. The summed E-state index contributed by atoms with van der Waals surface area (Å²) in [6.45, 7) is 1.59. The maximum absolute atomic E-state index is 13.9. The van der Waals surface area contributed by atoms with E-state index in [1.54, 1.807) is 30.3 Å². The summed E-state index contributed by atoms with van der Waals surface area (Å²) in [6, 6.07) is 11.3. The highest BCUT2D eigenvalue weighted by molar-refractivity contribution is 7.89. The summed E-state index contributed by atoms with van der Waals surface area (Å²) in [5, 5.41) is 12.2. The highest BCUT2D eigenvalue weighted by Crippen LogP contribution is 2.39. The van der Waals surface area contributed by atoms with Crippen molar-refractivity contribution in [2.75, 3.05) is 18.4 Å². The zero-order valence-electron chi connectivity index (χ0n) is 18.9. The van der Waals surface area contributed by atoms with E-state index in [0.29, 0.717) is 28.6 Å². The van der Waals surface area contributed by atoms with Crippen LogP contribution in [0.4, 0.5) is 19.1 Å². The summed E-state index contributed by atoms with van der Waals surface area (Å²) < 4.78 is 65.0. The number of halogens is 3. The first-order valence-corrected chi connectivity index (χ1v) is 12.8. The number of fused-ring (bicyclic) bond motifs is 1. The Hall–Kier alpha value is -3.48.